The number of carbonyl (C=O) groups excluding carboxylic acids is 2. The monoisotopic (exact) mass is 371 g/mol. The Balaban J connectivity index is 2.23. The molecule has 7 heteroatoms. The normalized spacial score (nSPS) is 12.0. The lowest BCUT2D eigenvalue weighted by atomic mass is 9.78. The van der Waals surface area contributed by atoms with Crippen LogP contribution in [0.1, 0.15) is 27.4 Å². The van der Waals surface area contributed by atoms with Crippen LogP contribution in [-0.4, -0.2) is 11.8 Å². The maximum absolute atomic E-state index is 12.6. The molecule has 138 valence electrons. The summed E-state index contributed by atoms with van der Waals surface area (Å²) in [5.74, 6) is -4.86. The van der Waals surface area contributed by atoms with Gasteiger partial charge in [-0.2, -0.15) is 15.8 Å². The Bertz CT molecular complexity index is 951. The molecule has 2 aromatic carbocycles. The molecule has 2 aromatic rings. The minimum Gasteiger partial charge on any atom is -0.272 e. The van der Waals surface area contributed by atoms with Crippen LogP contribution in [0.2, 0.25) is 0 Å². The molecule has 2 amide bonds. The van der Waals surface area contributed by atoms with Crippen molar-refractivity contribution in [1.29, 1.82) is 15.8 Å². The predicted molar refractivity (Wildman–Crippen MR) is 99.8 cm³/mol. The van der Waals surface area contributed by atoms with E-state index in [4.69, 9.17) is 0 Å². The highest BCUT2D eigenvalue weighted by Gasteiger charge is 2.36. The molecule has 2 unspecified atom stereocenters. The fourth-order valence-electron chi connectivity index (χ4n) is 2.72. The minimum absolute atomic E-state index is 0.332. The summed E-state index contributed by atoms with van der Waals surface area (Å²) in [7, 11) is 0. The van der Waals surface area contributed by atoms with Gasteiger partial charge in [-0.25, -0.2) is 0 Å². The van der Waals surface area contributed by atoms with E-state index in [1.807, 2.05) is 25.1 Å². The summed E-state index contributed by atoms with van der Waals surface area (Å²) >= 11 is 0. The summed E-state index contributed by atoms with van der Waals surface area (Å²) in [5, 5.41) is 28.2. The first-order chi connectivity index (χ1) is 13.5. The van der Waals surface area contributed by atoms with Crippen LogP contribution >= 0.6 is 0 Å². The van der Waals surface area contributed by atoms with Crippen LogP contribution in [0, 0.1) is 52.8 Å². The summed E-state index contributed by atoms with van der Waals surface area (Å²) in [6.07, 6.45) is 0. The molecule has 7 nitrogen and oxygen atoms in total. The van der Waals surface area contributed by atoms with Crippen LogP contribution in [0.4, 0.5) is 0 Å². The number of hydrogen-bond acceptors (Lipinski definition) is 5. The van der Waals surface area contributed by atoms with E-state index in [1.54, 1.807) is 54.6 Å². The van der Waals surface area contributed by atoms with Crippen molar-refractivity contribution in [3.8, 4) is 18.2 Å². The predicted octanol–water partition coefficient (Wildman–Crippen LogP) is 2.34. The van der Waals surface area contributed by atoms with Crippen LogP contribution in [0.3, 0.4) is 0 Å². The van der Waals surface area contributed by atoms with Crippen molar-refractivity contribution in [1.82, 2.24) is 10.9 Å². The van der Waals surface area contributed by atoms with Crippen LogP contribution in [0.25, 0.3) is 0 Å². The second kappa shape index (κ2) is 9.52. The molecule has 0 aliphatic heterocycles. The number of rotatable bonds is 5. The van der Waals surface area contributed by atoms with E-state index in [9.17, 15) is 25.4 Å². The molecule has 0 aliphatic rings. The largest absolute Gasteiger partial charge is 0.272 e. The van der Waals surface area contributed by atoms with Gasteiger partial charge in [-0.05, 0) is 24.6 Å². The van der Waals surface area contributed by atoms with E-state index in [1.165, 1.54) is 0 Å². The zero-order valence-electron chi connectivity index (χ0n) is 15.1. The quantitative estimate of drug-likeness (QED) is 0.779. The number of nitriles is 3. The van der Waals surface area contributed by atoms with Crippen molar-refractivity contribution >= 4 is 11.8 Å². The van der Waals surface area contributed by atoms with Crippen molar-refractivity contribution in [2.75, 3.05) is 0 Å². The van der Waals surface area contributed by atoms with Gasteiger partial charge in [0.15, 0.2) is 0 Å². The average molecular weight is 371 g/mol. The van der Waals surface area contributed by atoms with E-state index >= 15 is 0 Å². The molecular formula is C21H17N5O2. The Hall–Kier alpha value is -4.15. The standard InChI is InChI=1S/C21H17N5O2/c1-14-7-9-15(10-8-14)19(17(11-22)12-23)18(13-24)21(28)26-25-20(27)16-5-3-2-4-6-16/h2-10,17-19H,1H3,(H,25,27)(H,26,28). The van der Waals surface area contributed by atoms with Gasteiger partial charge in [-0.1, -0.05) is 48.0 Å². The summed E-state index contributed by atoms with van der Waals surface area (Å²) in [4.78, 5) is 24.6. The summed E-state index contributed by atoms with van der Waals surface area (Å²) in [5.41, 5.74) is 6.28. The van der Waals surface area contributed by atoms with Gasteiger partial charge in [-0.3, -0.25) is 20.4 Å². The number of amides is 2. The molecule has 0 saturated heterocycles. The van der Waals surface area contributed by atoms with Gasteiger partial charge in [0.1, 0.15) is 11.8 Å². The lowest BCUT2D eigenvalue weighted by molar-refractivity contribution is -0.124. The third kappa shape index (κ3) is 4.72. The molecule has 0 saturated carbocycles. The SMILES string of the molecule is Cc1ccc(C(C(C#N)C#N)C(C#N)C(=O)NNC(=O)c2ccccc2)cc1. The first kappa shape index (κ1) is 20.2. The van der Waals surface area contributed by atoms with Crippen molar-refractivity contribution in [3.05, 3.63) is 71.3 Å². The van der Waals surface area contributed by atoms with E-state index < -0.39 is 29.6 Å². The lowest BCUT2D eigenvalue weighted by Gasteiger charge is -2.22. The Morgan fingerprint density at radius 3 is 2.00 bits per heavy atom. The number of aryl methyl sites for hydroxylation is 1. The third-order valence-electron chi connectivity index (χ3n) is 4.22. The van der Waals surface area contributed by atoms with E-state index in [2.05, 4.69) is 10.9 Å². The van der Waals surface area contributed by atoms with Crippen molar-refractivity contribution in [2.24, 2.45) is 11.8 Å². The molecule has 2 atom stereocenters. The molecule has 28 heavy (non-hydrogen) atoms. The number of nitrogens with zero attached hydrogens (tertiary/aromatic N) is 3. The van der Waals surface area contributed by atoms with Crippen molar-refractivity contribution in [3.63, 3.8) is 0 Å². The van der Waals surface area contributed by atoms with Crippen LogP contribution < -0.4 is 10.9 Å². The second-order valence-corrected chi connectivity index (χ2v) is 6.09. The van der Waals surface area contributed by atoms with Crippen LogP contribution in [-0.2, 0) is 4.79 Å². The lowest BCUT2D eigenvalue weighted by Crippen LogP contribution is -2.46. The molecule has 0 spiro atoms. The topological polar surface area (TPSA) is 130 Å². The van der Waals surface area contributed by atoms with Gasteiger partial charge in [0.2, 0.25) is 0 Å². The van der Waals surface area contributed by atoms with Crippen molar-refractivity contribution < 1.29 is 9.59 Å². The first-order valence-corrected chi connectivity index (χ1v) is 8.42. The first-order valence-electron chi connectivity index (χ1n) is 8.42. The summed E-state index contributed by atoms with van der Waals surface area (Å²) in [6, 6.07) is 20.7. The zero-order valence-corrected chi connectivity index (χ0v) is 15.1. The molecular weight excluding hydrogens is 354 g/mol. The number of nitrogens with one attached hydrogen (secondary N) is 2. The van der Waals surface area contributed by atoms with Gasteiger partial charge in [0, 0.05) is 11.5 Å². The highest BCUT2D eigenvalue weighted by molar-refractivity contribution is 5.95. The number of hydrogen-bond donors (Lipinski definition) is 2. The molecule has 0 aromatic heterocycles. The average Bonchev–Trinajstić information content (AvgIpc) is 2.73. The van der Waals surface area contributed by atoms with E-state index in [-0.39, 0.29) is 0 Å². The molecule has 0 heterocycles. The molecule has 0 radical (unpaired) electrons. The highest BCUT2D eigenvalue weighted by atomic mass is 16.2. The Morgan fingerprint density at radius 1 is 0.857 bits per heavy atom. The van der Waals surface area contributed by atoms with Gasteiger partial charge in [0.25, 0.3) is 11.8 Å². The molecule has 2 N–H and O–H groups in total. The smallest absolute Gasteiger partial charge is 0.269 e. The molecule has 0 fully saturated rings. The fraction of sp³-hybridized carbons (Fsp3) is 0.190. The fourth-order valence-corrected chi connectivity index (χ4v) is 2.72. The van der Waals surface area contributed by atoms with E-state index in [0.29, 0.717) is 11.1 Å². The minimum atomic E-state index is -1.34. The maximum atomic E-state index is 12.6. The molecule has 0 bridgehead atoms. The summed E-state index contributed by atoms with van der Waals surface area (Å²) < 4.78 is 0. The van der Waals surface area contributed by atoms with Gasteiger partial charge < -0.3 is 0 Å². The Kier molecular flexibility index (Phi) is 6.86. The molecule has 2 rings (SSSR count). The highest BCUT2D eigenvalue weighted by Crippen LogP contribution is 2.32. The Labute approximate surface area is 162 Å². The maximum Gasteiger partial charge on any atom is 0.269 e. The second-order valence-electron chi connectivity index (χ2n) is 6.09. The van der Waals surface area contributed by atoms with Gasteiger partial charge in [-0.15, -0.1) is 0 Å². The summed E-state index contributed by atoms with van der Waals surface area (Å²) in [6.45, 7) is 1.87. The Morgan fingerprint density at radius 2 is 1.46 bits per heavy atom. The van der Waals surface area contributed by atoms with Gasteiger partial charge in [0.05, 0.1) is 18.2 Å². The number of benzene rings is 2. The van der Waals surface area contributed by atoms with Gasteiger partial charge >= 0.3 is 0 Å². The van der Waals surface area contributed by atoms with E-state index in [0.717, 1.165) is 5.56 Å². The van der Waals surface area contributed by atoms with Crippen LogP contribution in [0.5, 0.6) is 0 Å². The third-order valence-corrected chi connectivity index (χ3v) is 4.22. The number of carbonyl (C=O) groups is 2. The van der Waals surface area contributed by atoms with Crippen molar-refractivity contribution in [2.45, 2.75) is 12.8 Å². The molecule has 0 aliphatic carbocycles. The zero-order chi connectivity index (χ0) is 20.5. The number of hydrazine groups is 1. The van der Waals surface area contributed by atoms with Crippen LogP contribution in [0.15, 0.2) is 54.6 Å².